The highest BCUT2D eigenvalue weighted by molar-refractivity contribution is 5.96. The predicted molar refractivity (Wildman–Crippen MR) is 68.2 cm³/mol. The molecule has 2 rings (SSSR count). The average Bonchev–Trinajstić information content (AvgIpc) is 2.71. The van der Waals surface area contributed by atoms with Crippen molar-refractivity contribution < 1.29 is 9.21 Å². The summed E-state index contributed by atoms with van der Waals surface area (Å²) < 4.78 is 5.52. The van der Waals surface area contributed by atoms with Crippen LogP contribution in [0.15, 0.2) is 28.7 Å². The van der Waals surface area contributed by atoms with E-state index in [9.17, 15) is 4.79 Å². The van der Waals surface area contributed by atoms with Crippen LogP contribution in [-0.4, -0.2) is 11.9 Å². The number of furan rings is 1. The maximum Gasteiger partial charge on any atom is 0.287 e. The number of carbonyl (C=O) groups is 1. The fraction of sp³-hybridized carbons (Fsp3) is 0.357. The highest BCUT2D eigenvalue weighted by atomic mass is 16.3. The SMILES string of the molecule is CCC(C)NC(=O)c1cc2cc(C)ccc2o1. The van der Waals surface area contributed by atoms with Crippen LogP contribution in [-0.2, 0) is 0 Å². The number of nitrogens with one attached hydrogen (secondary N) is 1. The Labute approximate surface area is 101 Å². The Hall–Kier alpha value is -1.77. The number of hydrogen-bond donors (Lipinski definition) is 1. The summed E-state index contributed by atoms with van der Waals surface area (Å²) in [6, 6.07) is 7.84. The van der Waals surface area contributed by atoms with E-state index in [0.717, 1.165) is 23.0 Å². The molecule has 3 nitrogen and oxygen atoms in total. The van der Waals surface area contributed by atoms with Gasteiger partial charge in [0.2, 0.25) is 0 Å². The van der Waals surface area contributed by atoms with E-state index in [-0.39, 0.29) is 11.9 Å². The summed E-state index contributed by atoms with van der Waals surface area (Å²) in [5.74, 6) is 0.235. The Bertz CT molecular complexity index is 542. The molecule has 0 aliphatic heterocycles. The predicted octanol–water partition coefficient (Wildman–Crippen LogP) is 3.27. The van der Waals surface area contributed by atoms with E-state index in [1.807, 2.05) is 39.0 Å². The molecule has 2 aromatic rings. The molecular weight excluding hydrogens is 214 g/mol. The molecule has 1 aromatic heterocycles. The van der Waals surface area contributed by atoms with Gasteiger partial charge in [0.05, 0.1) is 0 Å². The first-order chi connectivity index (χ1) is 8.10. The summed E-state index contributed by atoms with van der Waals surface area (Å²) in [4.78, 5) is 11.9. The van der Waals surface area contributed by atoms with Gasteiger partial charge in [-0.15, -0.1) is 0 Å². The van der Waals surface area contributed by atoms with Crippen molar-refractivity contribution in [3.63, 3.8) is 0 Å². The van der Waals surface area contributed by atoms with Gasteiger partial charge in [0.25, 0.3) is 5.91 Å². The van der Waals surface area contributed by atoms with Crippen molar-refractivity contribution in [3.05, 3.63) is 35.6 Å². The number of hydrogen-bond acceptors (Lipinski definition) is 2. The average molecular weight is 231 g/mol. The summed E-state index contributed by atoms with van der Waals surface area (Å²) >= 11 is 0. The lowest BCUT2D eigenvalue weighted by atomic mass is 10.2. The minimum atomic E-state index is -0.145. The zero-order valence-corrected chi connectivity index (χ0v) is 10.4. The molecule has 0 saturated carbocycles. The van der Waals surface area contributed by atoms with Crippen molar-refractivity contribution in [3.8, 4) is 0 Å². The molecule has 0 fully saturated rings. The number of carbonyl (C=O) groups excluding carboxylic acids is 1. The maximum atomic E-state index is 11.9. The number of fused-ring (bicyclic) bond motifs is 1. The van der Waals surface area contributed by atoms with Crippen LogP contribution in [0.25, 0.3) is 11.0 Å². The van der Waals surface area contributed by atoms with E-state index in [0.29, 0.717) is 5.76 Å². The van der Waals surface area contributed by atoms with Gasteiger partial charge in [-0.25, -0.2) is 0 Å². The van der Waals surface area contributed by atoms with E-state index in [2.05, 4.69) is 5.32 Å². The Kier molecular flexibility index (Phi) is 3.18. The van der Waals surface area contributed by atoms with E-state index in [1.165, 1.54) is 0 Å². The molecule has 1 amide bonds. The monoisotopic (exact) mass is 231 g/mol. The third-order valence-corrected chi connectivity index (χ3v) is 2.89. The highest BCUT2D eigenvalue weighted by Crippen LogP contribution is 2.20. The van der Waals surface area contributed by atoms with Crippen LogP contribution in [0.2, 0.25) is 0 Å². The third kappa shape index (κ3) is 2.49. The number of benzene rings is 1. The highest BCUT2D eigenvalue weighted by Gasteiger charge is 2.13. The normalized spacial score (nSPS) is 12.6. The van der Waals surface area contributed by atoms with Crippen LogP contribution in [0.1, 0.15) is 36.4 Å². The van der Waals surface area contributed by atoms with Gasteiger partial charge in [-0.2, -0.15) is 0 Å². The number of rotatable bonds is 3. The minimum absolute atomic E-state index is 0.145. The molecule has 0 aliphatic rings. The van der Waals surface area contributed by atoms with Crippen molar-refractivity contribution in [2.75, 3.05) is 0 Å². The van der Waals surface area contributed by atoms with Gasteiger partial charge in [0.15, 0.2) is 5.76 Å². The molecule has 1 N–H and O–H groups in total. The molecular formula is C14H17NO2. The second kappa shape index (κ2) is 4.62. The van der Waals surface area contributed by atoms with Gasteiger partial charge in [-0.1, -0.05) is 18.6 Å². The quantitative estimate of drug-likeness (QED) is 0.880. The van der Waals surface area contributed by atoms with Gasteiger partial charge in [0, 0.05) is 11.4 Å². The van der Waals surface area contributed by atoms with E-state index in [1.54, 1.807) is 6.07 Å². The molecule has 0 spiro atoms. The second-order valence-corrected chi connectivity index (χ2v) is 4.43. The minimum Gasteiger partial charge on any atom is -0.451 e. The molecule has 0 bridgehead atoms. The zero-order chi connectivity index (χ0) is 12.4. The molecule has 1 aromatic carbocycles. The van der Waals surface area contributed by atoms with Crippen LogP contribution in [0.3, 0.4) is 0 Å². The van der Waals surface area contributed by atoms with Crippen LogP contribution in [0, 0.1) is 6.92 Å². The second-order valence-electron chi connectivity index (χ2n) is 4.43. The molecule has 0 radical (unpaired) electrons. The van der Waals surface area contributed by atoms with Gasteiger partial charge in [-0.05, 0) is 38.5 Å². The standard InChI is InChI=1S/C14H17NO2/c1-4-10(3)15-14(16)13-8-11-7-9(2)5-6-12(11)17-13/h5-8,10H,4H2,1-3H3,(H,15,16). The zero-order valence-electron chi connectivity index (χ0n) is 10.4. The third-order valence-electron chi connectivity index (χ3n) is 2.89. The number of amides is 1. The largest absolute Gasteiger partial charge is 0.451 e. The van der Waals surface area contributed by atoms with Crippen molar-refractivity contribution in [2.24, 2.45) is 0 Å². The van der Waals surface area contributed by atoms with Crippen molar-refractivity contribution in [1.82, 2.24) is 5.32 Å². The Morgan fingerprint density at radius 1 is 1.41 bits per heavy atom. The molecule has 0 aliphatic carbocycles. The lowest BCUT2D eigenvalue weighted by Gasteiger charge is -2.08. The molecule has 1 unspecified atom stereocenters. The molecule has 17 heavy (non-hydrogen) atoms. The maximum absolute atomic E-state index is 11.9. The molecule has 90 valence electrons. The van der Waals surface area contributed by atoms with Gasteiger partial charge in [-0.3, -0.25) is 4.79 Å². The van der Waals surface area contributed by atoms with Crippen molar-refractivity contribution in [2.45, 2.75) is 33.2 Å². The summed E-state index contributed by atoms with van der Waals surface area (Å²) in [5.41, 5.74) is 1.91. The van der Waals surface area contributed by atoms with Crippen molar-refractivity contribution >= 4 is 16.9 Å². The topological polar surface area (TPSA) is 42.2 Å². The first-order valence-electron chi connectivity index (χ1n) is 5.91. The first-order valence-corrected chi connectivity index (χ1v) is 5.91. The summed E-state index contributed by atoms with van der Waals surface area (Å²) in [6.07, 6.45) is 0.908. The fourth-order valence-electron chi connectivity index (χ4n) is 1.67. The summed E-state index contributed by atoms with van der Waals surface area (Å²) in [6.45, 7) is 6.03. The molecule has 1 heterocycles. The Morgan fingerprint density at radius 3 is 2.88 bits per heavy atom. The van der Waals surface area contributed by atoms with Gasteiger partial charge in [0.1, 0.15) is 5.58 Å². The van der Waals surface area contributed by atoms with Crippen LogP contribution in [0.5, 0.6) is 0 Å². The Balaban J connectivity index is 2.27. The van der Waals surface area contributed by atoms with Crippen LogP contribution < -0.4 is 5.32 Å². The molecule has 3 heteroatoms. The molecule has 0 saturated heterocycles. The van der Waals surface area contributed by atoms with Crippen LogP contribution >= 0.6 is 0 Å². The van der Waals surface area contributed by atoms with E-state index < -0.39 is 0 Å². The fourth-order valence-corrected chi connectivity index (χ4v) is 1.67. The molecule has 1 atom stereocenters. The summed E-state index contributed by atoms with van der Waals surface area (Å²) in [5, 5.41) is 3.86. The lowest BCUT2D eigenvalue weighted by molar-refractivity contribution is 0.0913. The van der Waals surface area contributed by atoms with Crippen molar-refractivity contribution in [1.29, 1.82) is 0 Å². The Morgan fingerprint density at radius 2 is 2.18 bits per heavy atom. The lowest BCUT2D eigenvalue weighted by Crippen LogP contribution is -2.31. The van der Waals surface area contributed by atoms with E-state index >= 15 is 0 Å². The summed E-state index contributed by atoms with van der Waals surface area (Å²) in [7, 11) is 0. The van der Waals surface area contributed by atoms with Gasteiger partial charge < -0.3 is 9.73 Å². The van der Waals surface area contributed by atoms with Gasteiger partial charge >= 0.3 is 0 Å². The van der Waals surface area contributed by atoms with E-state index in [4.69, 9.17) is 4.42 Å². The smallest absolute Gasteiger partial charge is 0.287 e. The first kappa shape index (κ1) is 11.7. The number of aryl methyl sites for hydroxylation is 1. The van der Waals surface area contributed by atoms with Crippen LogP contribution in [0.4, 0.5) is 0 Å².